The van der Waals surface area contributed by atoms with E-state index in [0.717, 1.165) is 26.1 Å². The lowest BCUT2D eigenvalue weighted by atomic mass is 10.2. The minimum Gasteiger partial charge on any atom is -0.497 e. The average Bonchev–Trinajstić information content (AvgIpc) is 2.68. The lowest BCUT2D eigenvalue weighted by Gasteiger charge is -2.17. The fourth-order valence-electron chi connectivity index (χ4n) is 2.44. The summed E-state index contributed by atoms with van der Waals surface area (Å²) in [5.41, 5.74) is 0.524. The maximum Gasteiger partial charge on any atom is 0.387 e. The molecule has 0 unspecified atom stereocenters. The number of rotatable bonds is 13. The molecule has 0 saturated carbocycles. The van der Waals surface area contributed by atoms with Crippen molar-refractivity contribution in [2.75, 3.05) is 54.1 Å². The first-order valence-corrected chi connectivity index (χ1v) is 9.31. The van der Waals surface area contributed by atoms with Gasteiger partial charge >= 0.3 is 6.61 Å². The Morgan fingerprint density at radius 3 is 2.64 bits per heavy atom. The maximum atomic E-state index is 12.6. The molecular formula is C19H32F2N4O3. The summed E-state index contributed by atoms with van der Waals surface area (Å²) in [6.45, 7) is 3.20. The van der Waals surface area contributed by atoms with Crippen molar-refractivity contribution >= 4 is 5.96 Å². The molecule has 7 nitrogen and oxygen atoms in total. The molecule has 160 valence electrons. The molecule has 0 aliphatic heterocycles. The van der Waals surface area contributed by atoms with Gasteiger partial charge in [0.05, 0.1) is 20.3 Å². The molecule has 0 heterocycles. The second kappa shape index (κ2) is 14.0. The predicted octanol–water partition coefficient (Wildman–Crippen LogP) is 2.32. The van der Waals surface area contributed by atoms with Crippen LogP contribution >= 0.6 is 0 Å². The highest BCUT2D eigenvalue weighted by molar-refractivity contribution is 5.79. The third-order valence-corrected chi connectivity index (χ3v) is 3.92. The van der Waals surface area contributed by atoms with Crippen LogP contribution in [0.4, 0.5) is 8.78 Å². The number of aliphatic imine (C=N–C) groups is 1. The van der Waals surface area contributed by atoms with Crippen LogP contribution in [-0.4, -0.2) is 71.5 Å². The fourth-order valence-corrected chi connectivity index (χ4v) is 2.44. The SMILES string of the molecule is CCNC(=NCc1cc(OC)ccc1OC(F)F)NCCCN(C)CCOC. The molecule has 0 aromatic heterocycles. The smallest absolute Gasteiger partial charge is 0.387 e. The molecule has 0 aliphatic rings. The molecule has 0 aliphatic carbocycles. The Hall–Kier alpha value is -2.13. The summed E-state index contributed by atoms with van der Waals surface area (Å²) in [6.07, 6.45) is 0.934. The van der Waals surface area contributed by atoms with Gasteiger partial charge in [-0.2, -0.15) is 8.78 Å². The van der Waals surface area contributed by atoms with Crippen LogP contribution in [-0.2, 0) is 11.3 Å². The summed E-state index contributed by atoms with van der Waals surface area (Å²) in [6, 6.07) is 4.69. The number of hydrogen-bond donors (Lipinski definition) is 2. The zero-order chi connectivity index (χ0) is 20.8. The molecule has 1 aromatic carbocycles. The van der Waals surface area contributed by atoms with E-state index in [1.165, 1.54) is 13.2 Å². The Kier molecular flexibility index (Phi) is 11.9. The molecule has 0 bridgehead atoms. The van der Waals surface area contributed by atoms with Crippen LogP contribution in [0.15, 0.2) is 23.2 Å². The quantitative estimate of drug-likeness (QED) is 0.300. The minimum atomic E-state index is -2.89. The number of likely N-dealkylation sites (N-methyl/N-ethyl adjacent to an activating group) is 1. The van der Waals surface area contributed by atoms with Crippen LogP contribution in [0.1, 0.15) is 18.9 Å². The highest BCUT2D eigenvalue weighted by atomic mass is 19.3. The van der Waals surface area contributed by atoms with Crippen LogP contribution in [0, 0.1) is 0 Å². The van der Waals surface area contributed by atoms with Gasteiger partial charge in [0, 0.05) is 32.3 Å². The molecule has 1 rings (SSSR count). The Labute approximate surface area is 166 Å². The first kappa shape index (κ1) is 23.9. The number of benzene rings is 1. The molecule has 9 heteroatoms. The molecule has 1 aromatic rings. The van der Waals surface area contributed by atoms with E-state index in [9.17, 15) is 8.78 Å². The van der Waals surface area contributed by atoms with Crippen LogP contribution in [0.5, 0.6) is 11.5 Å². The second-order valence-electron chi connectivity index (χ2n) is 6.12. The van der Waals surface area contributed by atoms with Gasteiger partial charge in [0.2, 0.25) is 0 Å². The summed E-state index contributed by atoms with van der Waals surface area (Å²) in [7, 11) is 5.26. The molecule has 2 N–H and O–H groups in total. The molecule has 0 spiro atoms. The van der Waals surface area contributed by atoms with Crippen molar-refractivity contribution in [3.8, 4) is 11.5 Å². The van der Waals surface area contributed by atoms with Crippen LogP contribution in [0.3, 0.4) is 0 Å². The van der Waals surface area contributed by atoms with Gasteiger partial charge in [-0.25, -0.2) is 4.99 Å². The molecule has 0 fully saturated rings. The van der Waals surface area contributed by atoms with Gasteiger partial charge in [0.1, 0.15) is 11.5 Å². The minimum absolute atomic E-state index is 0.0927. The van der Waals surface area contributed by atoms with E-state index in [1.54, 1.807) is 19.2 Å². The predicted molar refractivity (Wildman–Crippen MR) is 106 cm³/mol. The lowest BCUT2D eigenvalue weighted by molar-refractivity contribution is -0.0504. The highest BCUT2D eigenvalue weighted by Crippen LogP contribution is 2.26. The molecule has 0 amide bonds. The van der Waals surface area contributed by atoms with Crippen LogP contribution in [0.2, 0.25) is 0 Å². The van der Waals surface area contributed by atoms with Crippen molar-refractivity contribution in [2.24, 2.45) is 4.99 Å². The molecule has 0 radical (unpaired) electrons. The molecule has 0 atom stereocenters. The van der Waals surface area contributed by atoms with E-state index >= 15 is 0 Å². The standard InChI is InChI=1S/C19H32F2N4O3/c1-5-22-19(23-9-6-10-25(2)11-12-26-3)24-14-15-13-16(27-4)7-8-17(15)28-18(20)21/h7-8,13,18H,5-6,9-12,14H2,1-4H3,(H2,22,23,24). The van der Waals surface area contributed by atoms with Crippen molar-refractivity contribution in [1.82, 2.24) is 15.5 Å². The Morgan fingerprint density at radius 2 is 2.00 bits per heavy atom. The number of nitrogens with one attached hydrogen (secondary N) is 2. The Morgan fingerprint density at radius 1 is 1.21 bits per heavy atom. The summed E-state index contributed by atoms with van der Waals surface area (Å²) in [5.74, 6) is 1.27. The van der Waals surface area contributed by atoms with E-state index in [2.05, 4.69) is 25.3 Å². The number of methoxy groups -OCH3 is 2. The normalized spacial score (nSPS) is 11.8. The number of nitrogens with zero attached hydrogens (tertiary/aromatic N) is 2. The topological polar surface area (TPSA) is 67.4 Å². The third kappa shape index (κ3) is 9.70. The van der Waals surface area contributed by atoms with Crippen molar-refractivity contribution < 1.29 is 23.0 Å². The van der Waals surface area contributed by atoms with E-state index < -0.39 is 6.61 Å². The van der Waals surface area contributed by atoms with Crippen LogP contribution < -0.4 is 20.1 Å². The molecular weight excluding hydrogens is 370 g/mol. The summed E-state index contributed by atoms with van der Waals surface area (Å²) < 4.78 is 40.1. The number of alkyl halides is 2. The van der Waals surface area contributed by atoms with Gasteiger partial charge < -0.3 is 29.7 Å². The first-order valence-electron chi connectivity index (χ1n) is 9.31. The molecule has 28 heavy (non-hydrogen) atoms. The second-order valence-corrected chi connectivity index (χ2v) is 6.12. The van der Waals surface area contributed by atoms with Crippen molar-refractivity contribution in [3.05, 3.63) is 23.8 Å². The van der Waals surface area contributed by atoms with E-state index in [0.29, 0.717) is 30.4 Å². The molecule has 0 saturated heterocycles. The van der Waals surface area contributed by atoms with Crippen molar-refractivity contribution in [1.29, 1.82) is 0 Å². The van der Waals surface area contributed by atoms with E-state index in [-0.39, 0.29) is 12.3 Å². The zero-order valence-corrected chi connectivity index (χ0v) is 17.1. The van der Waals surface area contributed by atoms with Crippen molar-refractivity contribution in [2.45, 2.75) is 26.5 Å². The average molecular weight is 402 g/mol. The fraction of sp³-hybridized carbons (Fsp3) is 0.632. The number of hydrogen-bond acceptors (Lipinski definition) is 5. The third-order valence-electron chi connectivity index (χ3n) is 3.92. The number of guanidine groups is 1. The van der Waals surface area contributed by atoms with Gasteiger partial charge in [-0.1, -0.05) is 0 Å². The van der Waals surface area contributed by atoms with Crippen LogP contribution in [0.25, 0.3) is 0 Å². The van der Waals surface area contributed by atoms with Gasteiger partial charge in [-0.05, 0) is 45.1 Å². The number of ether oxygens (including phenoxy) is 3. The maximum absolute atomic E-state index is 12.6. The van der Waals surface area contributed by atoms with E-state index in [4.69, 9.17) is 9.47 Å². The Balaban J connectivity index is 2.65. The van der Waals surface area contributed by atoms with Gasteiger partial charge in [-0.15, -0.1) is 0 Å². The van der Waals surface area contributed by atoms with E-state index in [1.807, 2.05) is 14.0 Å². The zero-order valence-electron chi connectivity index (χ0n) is 17.1. The lowest BCUT2D eigenvalue weighted by Crippen LogP contribution is -2.38. The number of halogens is 2. The monoisotopic (exact) mass is 402 g/mol. The largest absolute Gasteiger partial charge is 0.497 e. The van der Waals surface area contributed by atoms with Gasteiger partial charge in [0.25, 0.3) is 0 Å². The summed E-state index contributed by atoms with van der Waals surface area (Å²) >= 11 is 0. The summed E-state index contributed by atoms with van der Waals surface area (Å²) in [4.78, 5) is 6.67. The van der Waals surface area contributed by atoms with Gasteiger partial charge in [0.15, 0.2) is 5.96 Å². The highest BCUT2D eigenvalue weighted by Gasteiger charge is 2.11. The van der Waals surface area contributed by atoms with Gasteiger partial charge in [-0.3, -0.25) is 0 Å². The van der Waals surface area contributed by atoms with Crippen molar-refractivity contribution in [3.63, 3.8) is 0 Å². The first-order chi connectivity index (χ1) is 13.5. The summed E-state index contributed by atoms with van der Waals surface area (Å²) in [5, 5.41) is 6.40. The Bertz CT molecular complexity index is 588.